The van der Waals surface area contributed by atoms with E-state index in [1.165, 1.54) is 0 Å². The Hall–Kier alpha value is -2.62. The molecule has 126 valence electrons. The second kappa shape index (κ2) is 9.50. The van der Waals surface area contributed by atoms with Crippen LogP contribution in [0.5, 0.6) is 0 Å². The normalized spacial score (nSPS) is 10.3. The molecule has 0 saturated heterocycles. The lowest BCUT2D eigenvalue weighted by molar-refractivity contribution is -0.118. The lowest BCUT2D eigenvalue weighted by Gasteiger charge is -2.05. The summed E-state index contributed by atoms with van der Waals surface area (Å²) in [7, 11) is 0. The van der Waals surface area contributed by atoms with Gasteiger partial charge in [0.2, 0.25) is 5.91 Å². The second-order valence-electron chi connectivity index (χ2n) is 5.93. The summed E-state index contributed by atoms with van der Waals surface area (Å²) in [6.45, 7) is 0. The Labute approximate surface area is 143 Å². The average Bonchev–Trinajstić information content (AvgIpc) is 2.57. The molecule has 0 bridgehead atoms. The fourth-order valence-electron chi connectivity index (χ4n) is 2.48. The van der Waals surface area contributed by atoms with Gasteiger partial charge in [0.15, 0.2) is 0 Å². The Kier molecular flexibility index (Phi) is 7.02. The summed E-state index contributed by atoms with van der Waals surface area (Å²) in [6.07, 6.45) is 4.01. The number of amides is 1. The van der Waals surface area contributed by atoms with Crippen LogP contribution in [0.2, 0.25) is 0 Å². The molecule has 0 unspecified atom stereocenters. The van der Waals surface area contributed by atoms with Gasteiger partial charge >= 0.3 is 0 Å². The number of rotatable bonds is 9. The van der Waals surface area contributed by atoms with Crippen LogP contribution in [-0.2, 0) is 16.0 Å². The van der Waals surface area contributed by atoms with Crippen molar-refractivity contribution in [1.82, 2.24) is 0 Å². The summed E-state index contributed by atoms with van der Waals surface area (Å²) in [4.78, 5) is 23.7. The van der Waals surface area contributed by atoms with E-state index in [0.29, 0.717) is 24.9 Å². The van der Waals surface area contributed by atoms with Gasteiger partial charge < -0.3 is 11.1 Å². The highest BCUT2D eigenvalue weighted by Crippen LogP contribution is 2.11. The molecule has 2 aromatic carbocycles. The fourth-order valence-corrected chi connectivity index (χ4v) is 2.48. The van der Waals surface area contributed by atoms with E-state index in [9.17, 15) is 9.59 Å². The molecule has 24 heavy (non-hydrogen) atoms. The van der Waals surface area contributed by atoms with Crippen LogP contribution in [0.25, 0.3) is 0 Å². The number of unbranched alkanes of at least 4 members (excludes halogenated alkanes) is 2. The van der Waals surface area contributed by atoms with E-state index in [4.69, 9.17) is 5.73 Å². The lowest BCUT2D eigenvalue weighted by Crippen LogP contribution is -2.11. The van der Waals surface area contributed by atoms with Crippen LogP contribution in [0.1, 0.15) is 37.7 Å². The minimum atomic E-state index is 0.0226. The Morgan fingerprint density at radius 2 is 1.50 bits per heavy atom. The summed E-state index contributed by atoms with van der Waals surface area (Å²) in [5.41, 5.74) is 8.15. The van der Waals surface area contributed by atoms with Crippen molar-refractivity contribution in [2.24, 2.45) is 0 Å². The van der Waals surface area contributed by atoms with Gasteiger partial charge in [-0.05, 0) is 42.7 Å². The fraction of sp³-hybridized carbons (Fsp3) is 0.300. The van der Waals surface area contributed by atoms with Gasteiger partial charge in [-0.1, -0.05) is 36.8 Å². The van der Waals surface area contributed by atoms with Crippen molar-refractivity contribution in [2.75, 3.05) is 11.1 Å². The van der Waals surface area contributed by atoms with Gasteiger partial charge in [-0.15, -0.1) is 0 Å². The maximum Gasteiger partial charge on any atom is 0.224 e. The Balaban J connectivity index is 1.56. The van der Waals surface area contributed by atoms with E-state index in [1.54, 1.807) is 0 Å². The molecule has 3 N–H and O–H groups in total. The zero-order chi connectivity index (χ0) is 17.2. The third-order valence-electron chi connectivity index (χ3n) is 3.80. The number of carbonyl (C=O) groups excluding carboxylic acids is 2. The van der Waals surface area contributed by atoms with E-state index in [-0.39, 0.29) is 11.7 Å². The molecule has 0 atom stereocenters. The maximum absolute atomic E-state index is 11.9. The van der Waals surface area contributed by atoms with Crippen LogP contribution in [0.3, 0.4) is 0 Å². The van der Waals surface area contributed by atoms with Gasteiger partial charge in [-0.2, -0.15) is 0 Å². The first-order chi connectivity index (χ1) is 11.6. The largest absolute Gasteiger partial charge is 0.399 e. The molecule has 0 radical (unpaired) electrons. The van der Waals surface area contributed by atoms with Gasteiger partial charge in [0.1, 0.15) is 5.78 Å². The van der Waals surface area contributed by atoms with Gasteiger partial charge in [-0.3, -0.25) is 9.59 Å². The minimum Gasteiger partial charge on any atom is -0.399 e. The Morgan fingerprint density at radius 3 is 2.21 bits per heavy atom. The zero-order valence-corrected chi connectivity index (χ0v) is 13.8. The zero-order valence-electron chi connectivity index (χ0n) is 13.8. The summed E-state index contributed by atoms with van der Waals surface area (Å²) in [6, 6.07) is 16.8. The van der Waals surface area contributed by atoms with Crippen LogP contribution in [0.15, 0.2) is 54.6 Å². The molecule has 4 heteroatoms. The Morgan fingerprint density at radius 1 is 0.833 bits per heavy atom. The summed E-state index contributed by atoms with van der Waals surface area (Å²) >= 11 is 0. The van der Waals surface area contributed by atoms with Gasteiger partial charge in [0.25, 0.3) is 0 Å². The number of hydrogen-bond donors (Lipinski definition) is 2. The van der Waals surface area contributed by atoms with Crippen LogP contribution < -0.4 is 11.1 Å². The van der Waals surface area contributed by atoms with E-state index >= 15 is 0 Å². The topological polar surface area (TPSA) is 72.2 Å². The molecule has 0 aliphatic heterocycles. The van der Waals surface area contributed by atoms with Gasteiger partial charge in [-0.25, -0.2) is 0 Å². The molecule has 2 rings (SSSR count). The SMILES string of the molecule is Nc1ccc(CC(=O)CCCCCC(=O)Nc2ccccc2)cc1. The van der Waals surface area contributed by atoms with Crippen molar-refractivity contribution in [3.8, 4) is 0 Å². The third-order valence-corrected chi connectivity index (χ3v) is 3.80. The third kappa shape index (κ3) is 6.65. The first-order valence-corrected chi connectivity index (χ1v) is 8.34. The van der Waals surface area contributed by atoms with Crippen LogP contribution >= 0.6 is 0 Å². The minimum absolute atomic E-state index is 0.0226. The number of para-hydroxylation sites is 1. The first kappa shape index (κ1) is 17.7. The standard InChI is InChI=1S/C20H24N2O2/c21-17-13-11-16(12-14-17)15-19(23)9-5-2-6-10-20(24)22-18-7-3-1-4-8-18/h1,3-4,7-8,11-14H,2,5-6,9-10,15,21H2,(H,22,24). The molecule has 0 aliphatic rings. The molecule has 1 amide bonds. The highest BCUT2D eigenvalue weighted by atomic mass is 16.1. The van der Waals surface area contributed by atoms with E-state index in [1.807, 2.05) is 54.6 Å². The van der Waals surface area contributed by atoms with Gasteiger partial charge in [0, 0.05) is 30.6 Å². The number of Topliss-reactive ketones (excluding diaryl/α,β-unsaturated/α-hetero) is 1. The molecule has 0 heterocycles. The molecule has 0 fully saturated rings. The number of hydrogen-bond acceptors (Lipinski definition) is 3. The summed E-state index contributed by atoms with van der Waals surface area (Å²) < 4.78 is 0. The number of benzene rings is 2. The molecule has 2 aromatic rings. The van der Waals surface area contributed by atoms with E-state index in [2.05, 4.69) is 5.32 Å². The maximum atomic E-state index is 11.9. The molecule has 0 spiro atoms. The van der Waals surface area contributed by atoms with Crippen molar-refractivity contribution in [2.45, 2.75) is 38.5 Å². The second-order valence-corrected chi connectivity index (χ2v) is 5.93. The number of nitrogen functional groups attached to an aromatic ring is 1. The van der Waals surface area contributed by atoms with Crippen molar-refractivity contribution in [3.63, 3.8) is 0 Å². The highest BCUT2D eigenvalue weighted by molar-refractivity contribution is 5.90. The summed E-state index contributed by atoms with van der Waals surface area (Å²) in [5, 5.41) is 2.86. The van der Waals surface area contributed by atoms with Crippen LogP contribution in [0, 0.1) is 0 Å². The lowest BCUT2D eigenvalue weighted by atomic mass is 10.0. The van der Waals surface area contributed by atoms with Crippen molar-refractivity contribution >= 4 is 23.1 Å². The molecule has 4 nitrogen and oxygen atoms in total. The van der Waals surface area contributed by atoms with E-state index in [0.717, 1.165) is 30.5 Å². The monoisotopic (exact) mass is 324 g/mol. The predicted octanol–water partition coefficient (Wildman–Crippen LogP) is 3.97. The van der Waals surface area contributed by atoms with Crippen molar-refractivity contribution < 1.29 is 9.59 Å². The first-order valence-electron chi connectivity index (χ1n) is 8.34. The predicted molar refractivity (Wildman–Crippen MR) is 97.7 cm³/mol. The molecular formula is C20H24N2O2. The Bertz CT molecular complexity index is 651. The number of nitrogens with two attached hydrogens (primary N) is 1. The van der Waals surface area contributed by atoms with E-state index < -0.39 is 0 Å². The molecule has 0 aliphatic carbocycles. The summed E-state index contributed by atoms with van der Waals surface area (Å²) in [5.74, 6) is 0.253. The van der Waals surface area contributed by atoms with Crippen LogP contribution in [0.4, 0.5) is 11.4 Å². The average molecular weight is 324 g/mol. The smallest absolute Gasteiger partial charge is 0.224 e. The number of ketones is 1. The highest BCUT2D eigenvalue weighted by Gasteiger charge is 2.05. The molecule has 0 saturated carbocycles. The quantitative estimate of drug-likeness (QED) is 0.541. The number of nitrogens with one attached hydrogen (secondary N) is 1. The van der Waals surface area contributed by atoms with Crippen LogP contribution in [-0.4, -0.2) is 11.7 Å². The van der Waals surface area contributed by atoms with Crippen molar-refractivity contribution in [3.05, 3.63) is 60.2 Å². The number of carbonyl (C=O) groups is 2. The number of anilines is 2. The van der Waals surface area contributed by atoms with Crippen molar-refractivity contribution in [1.29, 1.82) is 0 Å². The van der Waals surface area contributed by atoms with Gasteiger partial charge in [0.05, 0.1) is 0 Å². The molecule has 0 aromatic heterocycles. The molecular weight excluding hydrogens is 300 g/mol.